The first-order chi connectivity index (χ1) is 15.0. The van der Waals surface area contributed by atoms with Gasteiger partial charge in [0, 0.05) is 29.1 Å². The molecule has 7 heteroatoms. The number of hydrogen-bond donors (Lipinski definition) is 1. The number of rotatable bonds is 5. The molecule has 0 radical (unpaired) electrons. The summed E-state index contributed by atoms with van der Waals surface area (Å²) < 4.78 is 1.76. The van der Waals surface area contributed by atoms with Crippen molar-refractivity contribution in [2.45, 2.75) is 40.0 Å². The number of hydrogen-bond acceptors (Lipinski definition) is 3. The Morgan fingerprint density at radius 1 is 1.06 bits per heavy atom. The van der Waals surface area contributed by atoms with Crippen molar-refractivity contribution in [1.82, 2.24) is 14.7 Å². The van der Waals surface area contributed by atoms with Crippen molar-refractivity contribution in [2.24, 2.45) is 0 Å². The first kappa shape index (κ1) is 23.5. The highest BCUT2D eigenvalue weighted by Crippen LogP contribution is 2.27. The minimum Gasteiger partial charge on any atom is -0.332 e. The number of benzene rings is 2. The zero-order valence-corrected chi connectivity index (χ0v) is 20.1. The Labute approximate surface area is 194 Å². The summed E-state index contributed by atoms with van der Waals surface area (Å²) in [5.74, 6) is 0.00971. The van der Waals surface area contributed by atoms with Crippen LogP contribution in [0.2, 0.25) is 5.02 Å². The number of likely N-dealkylation sites (N-methyl/N-ethyl adjacent to an activating group) is 1. The van der Waals surface area contributed by atoms with E-state index in [9.17, 15) is 9.59 Å². The fraction of sp³-hybridized carbons (Fsp3) is 0.320. The van der Waals surface area contributed by atoms with Crippen molar-refractivity contribution in [1.29, 1.82) is 0 Å². The van der Waals surface area contributed by atoms with Gasteiger partial charge in [0.1, 0.15) is 5.82 Å². The summed E-state index contributed by atoms with van der Waals surface area (Å²) >= 11 is 5.89. The van der Waals surface area contributed by atoms with Gasteiger partial charge in [-0.3, -0.25) is 9.59 Å². The molecule has 0 saturated carbocycles. The molecule has 32 heavy (non-hydrogen) atoms. The van der Waals surface area contributed by atoms with Gasteiger partial charge in [0.15, 0.2) is 0 Å². The van der Waals surface area contributed by atoms with E-state index in [0.717, 1.165) is 22.5 Å². The van der Waals surface area contributed by atoms with Crippen molar-refractivity contribution in [3.05, 3.63) is 75.9 Å². The summed E-state index contributed by atoms with van der Waals surface area (Å²) in [6.45, 7) is 10.2. The molecule has 0 unspecified atom stereocenters. The molecule has 168 valence electrons. The molecule has 0 spiro atoms. The Hall–Kier alpha value is -3.12. The van der Waals surface area contributed by atoms with Crippen molar-refractivity contribution in [2.75, 3.05) is 18.9 Å². The van der Waals surface area contributed by atoms with Gasteiger partial charge in [0.2, 0.25) is 5.91 Å². The van der Waals surface area contributed by atoms with Gasteiger partial charge in [-0.1, -0.05) is 50.1 Å². The molecule has 0 aliphatic heterocycles. The number of anilines is 1. The number of nitrogens with zero attached hydrogens (tertiary/aromatic N) is 3. The molecule has 2 aromatic carbocycles. The summed E-state index contributed by atoms with van der Waals surface area (Å²) in [5, 5.41) is 8.26. The molecule has 3 rings (SSSR count). The van der Waals surface area contributed by atoms with Crippen LogP contribution in [0.1, 0.15) is 48.0 Å². The molecule has 0 aliphatic carbocycles. The van der Waals surface area contributed by atoms with Crippen LogP contribution in [-0.2, 0) is 10.2 Å². The first-order valence-electron chi connectivity index (χ1n) is 10.4. The topological polar surface area (TPSA) is 67.2 Å². The number of aromatic nitrogens is 2. The van der Waals surface area contributed by atoms with Gasteiger partial charge < -0.3 is 10.2 Å². The lowest BCUT2D eigenvalue weighted by Crippen LogP contribution is -2.35. The fourth-order valence-electron chi connectivity index (χ4n) is 3.35. The summed E-state index contributed by atoms with van der Waals surface area (Å²) in [6.07, 6.45) is 0. The van der Waals surface area contributed by atoms with Gasteiger partial charge in [0.05, 0.1) is 17.9 Å². The third-order valence-electron chi connectivity index (χ3n) is 5.14. The Kier molecular flexibility index (Phi) is 6.74. The van der Waals surface area contributed by atoms with Crippen LogP contribution in [0.25, 0.3) is 5.69 Å². The van der Waals surface area contributed by atoms with Crippen LogP contribution < -0.4 is 5.32 Å². The first-order valence-corrected chi connectivity index (χ1v) is 10.8. The van der Waals surface area contributed by atoms with Gasteiger partial charge in [-0.15, -0.1) is 0 Å². The van der Waals surface area contributed by atoms with Crippen LogP contribution in [0.3, 0.4) is 0 Å². The molecule has 0 bridgehead atoms. The van der Waals surface area contributed by atoms with E-state index in [1.54, 1.807) is 36.0 Å². The lowest BCUT2D eigenvalue weighted by molar-refractivity contribution is -0.116. The standard InChI is InChI=1S/C25H29ClN4O2/c1-16-7-12-20(17(2)13-16)30-22(14-21(28-30)25(3,4)5)27-23(31)15-29(6)24(32)18-8-10-19(26)11-9-18/h7-14H,15H2,1-6H3,(H,27,31). The molecule has 2 amide bonds. The van der Waals surface area contributed by atoms with Gasteiger partial charge in [0.25, 0.3) is 5.91 Å². The van der Waals surface area contributed by atoms with Gasteiger partial charge in [-0.05, 0) is 49.7 Å². The van der Waals surface area contributed by atoms with Crippen LogP contribution in [0.4, 0.5) is 5.82 Å². The number of carbonyl (C=O) groups excluding carboxylic acids is 2. The fourth-order valence-corrected chi connectivity index (χ4v) is 3.47. The number of halogens is 1. The molecular weight excluding hydrogens is 424 g/mol. The van der Waals surface area contributed by atoms with E-state index < -0.39 is 0 Å². The zero-order valence-electron chi connectivity index (χ0n) is 19.4. The monoisotopic (exact) mass is 452 g/mol. The number of aryl methyl sites for hydroxylation is 2. The summed E-state index contributed by atoms with van der Waals surface area (Å²) in [5.41, 5.74) is 4.25. The average Bonchev–Trinajstić information content (AvgIpc) is 3.11. The van der Waals surface area contributed by atoms with Crippen LogP contribution in [0.5, 0.6) is 0 Å². The highest BCUT2D eigenvalue weighted by molar-refractivity contribution is 6.30. The second-order valence-corrected chi connectivity index (χ2v) is 9.52. The van der Waals surface area contributed by atoms with Crippen LogP contribution in [0.15, 0.2) is 48.5 Å². The predicted molar refractivity (Wildman–Crippen MR) is 129 cm³/mol. The van der Waals surface area contributed by atoms with E-state index in [2.05, 4.69) is 32.2 Å². The van der Waals surface area contributed by atoms with E-state index in [1.807, 2.05) is 32.0 Å². The van der Waals surface area contributed by atoms with Crippen molar-refractivity contribution in [3.8, 4) is 5.69 Å². The van der Waals surface area contributed by atoms with E-state index >= 15 is 0 Å². The quantitative estimate of drug-likeness (QED) is 0.582. The third kappa shape index (κ3) is 5.37. The third-order valence-corrected chi connectivity index (χ3v) is 5.40. The normalized spacial score (nSPS) is 11.3. The van der Waals surface area contributed by atoms with Crippen LogP contribution in [0, 0.1) is 13.8 Å². The highest BCUT2D eigenvalue weighted by atomic mass is 35.5. The van der Waals surface area contributed by atoms with E-state index in [4.69, 9.17) is 16.7 Å². The average molecular weight is 453 g/mol. The van der Waals surface area contributed by atoms with Gasteiger partial charge in [-0.25, -0.2) is 4.68 Å². The van der Waals surface area contributed by atoms with E-state index in [-0.39, 0.29) is 23.8 Å². The SMILES string of the molecule is Cc1ccc(-n2nc(C(C)(C)C)cc2NC(=O)CN(C)C(=O)c2ccc(Cl)cc2)c(C)c1. The van der Waals surface area contributed by atoms with Crippen LogP contribution >= 0.6 is 11.6 Å². The van der Waals surface area contributed by atoms with Crippen molar-refractivity contribution in [3.63, 3.8) is 0 Å². The summed E-state index contributed by atoms with van der Waals surface area (Å²) in [4.78, 5) is 26.8. The second-order valence-electron chi connectivity index (χ2n) is 9.08. The number of amides is 2. The highest BCUT2D eigenvalue weighted by Gasteiger charge is 2.23. The Balaban J connectivity index is 1.84. The van der Waals surface area contributed by atoms with Crippen LogP contribution in [-0.4, -0.2) is 40.1 Å². The summed E-state index contributed by atoms with van der Waals surface area (Å²) in [7, 11) is 1.60. The molecule has 0 atom stereocenters. The zero-order chi connectivity index (χ0) is 23.6. The maximum Gasteiger partial charge on any atom is 0.254 e. The molecule has 1 N–H and O–H groups in total. The maximum atomic E-state index is 12.8. The lowest BCUT2D eigenvalue weighted by Gasteiger charge is -2.17. The molecule has 0 saturated heterocycles. The van der Waals surface area contributed by atoms with Gasteiger partial charge in [-0.2, -0.15) is 5.10 Å². The Morgan fingerprint density at radius 3 is 2.31 bits per heavy atom. The minimum absolute atomic E-state index is 0.0929. The maximum absolute atomic E-state index is 12.8. The molecule has 3 aromatic rings. The molecule has 0 fully saturated rings. The lowest BCUT2D eigenvalue weighted by atomic mass is 9.92. The summed E-state index contributed by atoms with van der Waals surface area (Å²) in [6, 6.07) is 14.6. The Morgan fingerprint density at radius 2 is 1.72 bits per heavy atom. The molecular formula is C25H29ClN4O2. The van der Waals surface area contributed by atoms with Crippen molar-refractivity contribution >= 4 is 29.2 Å². The van der Waals surface area contributed by atoms with Crippen molar-refractivity contribution < 1.29 is 9.59 Å². The molecule has 1 aromatic heterocycles. The molecule has 6 nitrogen and oxygen atoms in total. The number of nitrogens with one attached hydrogen (secondary N) is 1. The minimum atomic E-state index is -0.304. The second kappa shape index (κ2) is 9.17. The smallest absolute Gasteiger partial charge is 0.254 e. The van der Waals surface area contributed by atoms with E-state index in [1.165, 1.54) is 4.90 Å². The number of carbonyl (C=O) groups is 2. The van der Waals surface area contributed by atoms with Gasteiger partial charge >= 0.3 is 0 Å². The molecule has 1 heterocycles. The predicted octanol–water partition coefficient (Wildman–Crippen LogP) is 5.15. The largest absolute Gasteiger partial charge is 0.332 e. The van der Waals surface area contributed by atoms with E-state index in [0.29, 0.717) is 16.4 Å². The Bertz CT molecular complexity index is 1140. The molecule has 0 aliphatic rings.